The lowest BCUT2D eigenvalue weighted by Gasteiger charge is -2.32. The summed E-state index contributed by atoms with van der Waals surface area (Å²) < 4.78 is 0. The Morgan fingerprint density at radius 1 is 1.43 bits per heavy atom. The van der Waals surface area contributed by atoms with Crippen LogP contribution in [0.2, 0.25) is 0 Å². The molecular formula is C15H29N3O3. The highest BCUT2D eigenvalue weighted by Crippen LogP contribution is 2.20. The summed E-state index contributed by atoms with van der Waals surface area (Å²) in [6.07, 6.45) is 2.25. The van der Waals surface area contributed by atoms with Crippen LogP contribution in [0.15, 0.2) is 0 Å². The summed E-state index contributed by atoms with van der Waals surface area (Å²) in [4.78, 5) is 27.5. The van der Waals surface area contributed by atoms with Gasteiger partial charge >= 0.3 is 12.0 Å². The molecule has 6 heteroatoms. The zero-order valence-corrected chi connectivity index (χ0v) is 13.8. The Labute approximate surface area is 127 Å². The van der Waals surface area contributed by atoms with Crippen molar-refractivity contribution in [1.82, 2.24) is 15.1 Å². The van der Waals surface area contributed by atoms with Crippen LogP contribution in [-0.2, 0) is 4.79 Å². The quantitative estimate of drug-likeness (QED) is 0.809. The summed E-state index contributed by atoms with van der Waals surface area (Å²) in [5.74, 6) is -1.000. The molecule has 0 aromatic carbocycles. The summed E-state index contributed by atoms with van der Waals surface area (Å²) in [6.45, 7) is 10.2. The average Bonchev–Trinajstić information content (AvgIpc) is 2.80. The highest BCUT2D eigenvalue weighted by atomic mass is 16.4. The molecule has 0 radical (unpaired) electrons. The average molecular weight is 299 g/mol. The molecule has 0 spiro atoms. The molecule has 1 aliphatic rings. The van der Waals surface area contributed by atoms with E-state index in [1.807, 2.05) is 20.8 Å². The van der Waals surface area contributed by atoms with Crippen molar-refractivity contribution in [1.29, 1.82) is 0 Å². The number of amides is 2. The second-order valence-corrected chi connectivity index (χ2v) is 6.89. The monoisotopic (exact) mass is 299 g/mol. The number of hydrogen-bond donors (Lipinski definition) is 2. The molecule has 122 valence electrons. The molecule has 1 aliphatic heterocycles. The van der Waals surface area contributed by atoms with E-state index in [1.54, 1.807) is 11.9 Å². The summed E-state index contributed by atoms with van der Waals surface area (Å²) in [5, 5.41) is 11.9. The van der Waals surface area contributed by atoms with Gasteiger partial charge in [0.25, 0.3) is 0 Å². The van der Waals surface area contributed by atoms with Crippen molar-refractivity contribution in [2.45, 2.75) is 52.6 Å². The number of carbonyl (C=O) groups is 2. The molecule has 0 saturated carbocycles. The first-order valence-electron chi connectivity index (χ1n) is 7.65. The van der Waals surface area contributed by atoms with Crippen LogP contribution >= 0.6 is 0 Å². The first-order valence-corrected chi connectivity index (χ1v) is 7.65. The van der Waals surface area contributed by atoms with Crippen LogP contribution in [0.5, 0.6) is 0 Å². The van der Waals surface area contributed by atoms with E-state index in [2.05, 4.69) is 17.1 Å². The molecule has 0 bridgehead atoms. The minimum atomic E-state index is -1.000. The normalized spacial score (nSPS) is 21.1. The van der Waals surface area contributed by atoms with E-state index in [-0.39, 0.29) is 6.03 Å². The number of carboxylic acids is 1. The molecule has 1 heterocycles. The van der Waals surface area contributed by atoms with E-state index in [1.165, 1.54) is 0 Å². The third-order valence-electron chi connectivity index (χ3n) is 4.12. The predicted octanol–water partition coefficient (Wildman–Crippen LogP) is 1.61. The highest BCUT2D eigenvalue weighted by molar-refractivity contribution is 5.83. The Kier molecular flexibility index (Phi) is 6.01. The summed E-state index contributed by atoms with van der Waals surface area (Å²) >= 11 is 0. The smallest absolute Gasteiger partial charge is 0.326 e. The third kappa shape index (κ3) is 4.88. The summed E-state index contributed by atoms with van der Waals surface area (Å²) in [7, 11) is 1.73. The Bertz CT molecular complexity index is 379. The van der Waals surface area contributed by atoms with Crippen molar-refractivity contribution in [2.24, 2.45) is 5.41 Å². The SMILES string of the molecule is CCN1CCCC1CN(C)C(=O)N[C@@H](C(=O)O)C(C)(C)C. The first-order chi connectivity index (χ1) is 9.66. The van der Waals surface area contributed by atoms with Gasteiger partial charge in [0.15, 0.2) is 0 Å². The second kappa shape index (κ2) is 7.11. The van der Waals surface area contributed by atoms with E-state index in [9.17, 15) is 14.7 Å². The molecule has 0 aromatic heterocycles. The second-order valence-electron chi connectivity index (χ2n) is 6.89. The molecule has 2 atom stereocenters. The van der Waals surface area contributed by atoms with E-state index in [0.29, 0.717) is 12.6 Å². The fraction of sp³-hybridized carbons (Fsp3) is 0.867. The largest absolute Gasteiger partial charge is 0.480 e. The highest BCUT2D eigenvalue weighted by Gasteiger charge is 2.34. The number of carboxylic acid groups (broad SMARTS) is 1. The Morgan fingerprint density at radius 2 is 2.05 bits per heavy atom. The number of nitrogens with zero attached hydrogens (tertiary/aromatic N) is 2. The molecule has 2 amide bonds. The predicted molar refractivity (Wildman–Crippen MR) is 82.3 cm³/mol. The molecular weight excluding hydrogens is 270 g/mol. The van der Waals surface area contributed by atoms with Gasteiger partial charge in [-0.05, 0) is 31.3 Å². The van der Waals surface area contributed by atoms with Gasteiger partial charge in [0.1, 0.15) is 6.04 Å². The first kappa shape index (κ1) is 17.8. The molecule has 6 nitrogen and oxygen atoms in total. The maximum atomic E-state index is 12.2. The molecule has 1 rings (SSSR count). The number of carbonyl (C=O) groups excluding carboxylic acids is 1. The van der Waals surface area contributed by atoms with Gasteiger partial charge in [-0.1, -0.05) is 27.7 Å². The van der Waals surface area contributed by atoms with Gasteiger partial charge in [0, 0.05) is 19.6 Å². The fourth-order valence-corrected chi connectivity index (χ4v) is 2.80. The van der Waals surface area contributed by atoms with Crippen molar-refractivity contribution in [2.75, 3.05) is 26.7 Å². The van der Waals surface area contributed by atoms with Crippen LogP contribution in [0.3, 0.4) is 0 Å². The van der Waals surface area contributed by atoms with Crippen LogP contribution in [0, 0.1) is 5.41 Å². The number of aliphatic carboxylic acids is 1. The third-order valence-corrected chi connectivity index (χ3v) is 4.12. The fourth-order valence-electron chi connectivity index (χ4n) is 2.80. The van der Waals surface area contributed by atoms with Crippen molar-refractivity contribution in [3.63, 3.8) is 0 Å². The Balaban J connectivity index is 2.59. The van der Waals surface area contributed by atoms with Gasteiger partial charge in [-0.3, -0.25) is 4.90 Å². The molecule has 1 unspecified atom stereocenters. The van der Waals surface area contributed by atoms with Gasteiger partial charge in [-0.25, -0.2) is 9.59 Å². The molecule has 0 aliphatic carbocycles. The Hall–Kier alpha value is -1.30. The van der Waals surface area contributed by atoms with Gasteiger partial charge in [0.2, 0.25) is 0 Å². The van der Waals surface area contributed by atoms with Crippen LogP contribution in [0.25, 0.3) is 0 Å². The number of urea groups is 1. The Morgan fingerprint density at radius 3 is 2.52 bits per heavy atom. The standard InChI is InChI=1S/C15H29N3O3/c1-6-18-9-7-8-11(18)10-17(5)14(21)16-12(13(19)20)15(2,3)4/h11-12H,6-10H2,1-5H3,(H,16,21)(H,19,20)/t11?,12-/m0/s1. The topological polar surface area (TPSA) is 72.9 Å². The lowest BCUT2D eigenvalue weighted by atomic mass is 9.87. The van der Waals surface area contributed by atoms with Crippen LogP contribution in [0.4, 0.5) is 4.79 Å². The van der Waals surface area contributed by atoms with E-state index < -0.39 is 17.4 Å². The zero-order valence-electron chi connectivity index (χ0n) is 13.8. The number of likely N-dealkylation sites (tertiary alicyclic amines) is 1. The molecule has 1 fully saturated rings. The van der Waals surface area contributed by atoms with Gasteiger partial charge in [-0.15, -0.1) is 0 Å². The molecule has 1 saturated heterocycles. The molecule has 0 aromatic rings. The van der Waals surface area contributed by atoms with Crippen molar-refractivity contribution in [3.8, 4) is 0 Å². The summed E-state index contributed by atoms with van der Waals surface area (Å²) in [5.41, 5.74) is -0.523. The lowest BCUT2D eigenvalue weighted by molar-refractivity contribution is -0.142. The number of rotatable bonds is 5. The zero-order chi connectivity index (χ0) is 16.2. The number of hydrogen-bond acceptors (Lipinski definition) is 3. The molecule has 21 heavy (non-hydrogen) atoms. The van der Waals surface area contributed by atoms with Crippen molar-refractivity contribution in [3.05, 3.63) is 0 Å². The van der Waals surface area contributed by atoms with E-state index in [4.69, 9.17) is 0 Å². The lowest BCUT2D eigenvalue weighted by Crippen LogP contribution is -2.54. The van der Waals surface area contributed by atoms with Gasteiger partial charge in [0.05, 0.1) is 0 Å². The minimum absolute atomic E-state index is 0.319. The number of nitrogens with one attached hydrogen (secondary N) is 1. The molecule has 2 N–H and O–H groups in total. The van der Waals surface area contributed by atoms with Gasteiger partial charge in [-0.2, -0.15) is 0 Å². The van der Waals surface area contributed by atoms with Gasteiger partial charge < -0.3 is 15.3 Å². The number of likely N-dealkylation sites (N-methyl/N-ethyl adjacent to an activating group) is 2. The maximum absolute atomic E-state index is 12.2. The van der Waals surface area contributed by atoms with Crippen LogP contribution < -0.4 is 5.32 Å². The summed E-state index contributed by atoms with van der Waals surface area (Å²) in [6, 6.07) is -0.831. The van der Waals surface area contributed by atoms with Crippen molar-refractivity contribution >= 4 is 12.0 Å². The van der Waals surface area contributed by atoms with E-state index >= 15 is 0 Å². The van der Waals surface area contributed by atoms with Crippen molar-refractivity contribution < 1.29 is 14.7 Å². The minimum Gasteiger partial charge on any atom is -0.480 e. The van der Waals surface area contributed by atoms with Crippen LogP contribution in [-0.4, -0.2) is 65.7 Å². The van der Waals surface area contributed by atoms with Crippen LogP contribution in [0.1, 0.15) is 40.5 Å². The van der Waals surface area contributed by atoms with E-state index in [0.717, 1.165) is 25.9 Å². The maximum Gasteiger partial charge on any atom is 0.326 e.